The van der Waals surface area contributed by atoms with Crippen LogP contribution in [0.5, 0.6) is 0 Å². The van der Waals surface area contributed by atoms with Gasteiger partial charge in [0.05, 0.1) is 0 Å². The molecule has 0 saturated heterocycles. The Bertz CT molecular complexity index is 1110. The summed E-state index contributed by atoms with van der Waals surface area (Å²) >= 11 is 0. The van der Waals surface area contributed by atoms with Crippen LogP contribution in [-0.2, 0) is 13.1 Å². The van der Waals surface area contributed by atoms with Crippen LogP contribution in [-0.4, -0.2) is 11.6 Å². The highest BCUT2D eigenvalue weighted by Gasteiger charge is 2.12. The van der Waals surface area contributed by atoms with Crippen molar-refractivity contribution >= 4 is 11.6 Å². The van der Waals surface area contributed by atoms with E-state index >= 15 is 0 Å². The summed E-state index contributed by atoms with van der Waals surface area (Å²) in [4.78, 5) is 25.0. The Morgan fingerprint density at radius 3 is 1.08 bits per heavy atom. The number of pyridine rings is 2. The summed E-state index contributed by atoms with van der Waals surface area (Å²) in [5, 5.41) is 0. The number of rotatable bonds is 11. The van der Waals surface area contributed by atoms with E-state index < -0.39 is 0 Å². The summed E-state index contributed by atoms with van der Waals surface area (Å²) in [7, 11) is 0. The summed E-state index contributed by atoms with van der Waals surface area (Å²) in [6, 6.07) is 26.4. The number of nitrogens with zero attached hydrogens (tertiary/aromatic N) is 2. The number of benzene rings is 2. The molecule has 2 aromatic carbocycles. The van der Waals surface area contributed by atoms with Crippen molar-refractivity contribution in [2.45, 2.75) is 38.8 Å². The molecule has 4 rings (SSSR count). The summed E-state index contributed by atoms with van der Waals surface area (Å²) in [5.41, 5.74) is 2.87. The van der Waals surface area contributed by atoms with Gasteiger partial charge >= 0.3 is 0 Å². The first-order valence-corrected chi connectivity index (χ1v) is 11.9. The van der Waals surface area contributed by atoms with Crippen LogP contribution in [0.1, 0.15) is 57.5 Å². The van der Waals surface area contributed by atoms with E-state index in [1.807, 2.05) is 110 Å². The Balaban J connectivity index is 0.00000228. The normalized spacial score (nSPS) is 10.1. The van der Waals surface area contributed by atoms with E-state index in [9.17, 15) is 9.59 Å². The standard InChI is InChI=1S/C30H30N2O2.2BrH/c33-29(25-11-5-3-6-12-25)27-15-21-31(22-16-27)19-9-1-2-10-20-32-23-17-28(18-24-32)30(34)26-13-7-4-8-14-26;;/h3-8,11-18,21-24H,1-2,9-10,19-20H2;2*1H/q+2;;/p-2. The average molecular weight is 610 g/mol. The van der Waals surface area contributed by atoms with Gasteiger partial charge in [-0.3, -0.25) is 9.59 Å². The monoisotopic (exact) mass is 608 g/mol. The van der Waals surface area contributed by atoms with Crippen LogP contribution in [0.3, 0.4) is 0 Å². The van der Waals surface area contributed by atoms with Crippen LogP contribution in [0.2, 0.25) is 0 Å². The zero-order valence-corrected chi connectivity index (χ0v) is 23.3. The smallest absolute Gasteiger partial charge is 0.193 e. The maximum Gasteiger partial charge on any atom is 0.193 e. The number of unbranched alkanes of at least 4 members (excludes halogenated alkanes) is 3. The molecule has 4 aromatic rings. The third kappa shape index (κ3) is 8.32. The van der Waals surface area contributed by atoms with E-state index in [2.05, 4.69) is 9.13 Å². The number of halogens is 2. The fourth-order valence-electron chi connectivity index (χ4n) is 3.97. The van der Waals surface area contributed by atoms with Crippen LogP contribution in [0, 0.1) is 0 Å². The number of hydrogen-bond acceptors (Lipinski definition) is 2. The largest absolute Gasteiger partial charge is 1.00 e. The van der Waals surface area contributed by atoms with Crippen molar-refractivity contribution < 1.29 is 52.7 Å². The van der Waals surface area contributed by atoms with Crippen LogP contribution in [0.4, 0.5) is 0 Å². The molecule has 0 spiro atoms. The molecular formula is C30H30Br2N2O2. The third-order valence-electron chi connectivity index (χ3n) is 5.96. The molecule has 0 aliphatic carbocycles. The van der Waals surface area contributed by atoms with Crippen LogP contribution in [0.25, 0.3) is 0 Å². The van der Waals surface area contributed by atoms with Gasteiger partial charge in [0.25, 0.3) is 0 Å². The number of ketones is 2. The summed E-state index contributed by atoms with van der Waals surface area (Å²) in [6.07, 6.45) is 12.5. The van der Waals surface area contributed by atoms with Crippen molar-refractivity contribution in [2.24, 2.45) is 0 Å². The molecule has 0 amide bonds. The van der Waals surface area contributed by atoms with Crippen LogP contribution < -0.4 is 43.1 Å². The molecule has 2 aromatic heterocycles. The van der Waals surface area contributed by atoms with Gasteiger partial charge in [-0.15, -0.1) is 0 Å². The lowest BCUT2D eigenvalue weighted by atomic mass is 10.0. The maximum atomic E-state index is 12.5. The van der Waals surface area contributed by atoms with E-state index in [-0.39, 0.29) is 45.5 Å². The van der Waals surface area contributed by atoms with Gasteiger partial charge < -0.3 is 34.0 Å². The number of aromatic nitrogens is 2. The van der Waals surface area contributed by atoms with E-state index in [1.165, 1.54) is 0 Å². The Kier molecular flexibility index (Phi) is 12.4. The fraction of sp³-hybridized carbons (Fsp3) is 0.200. The summed E-state index contributed by atoms with van der Waals surface area (Å²) in [6.45, 7) is 1.90. The predicted octanol–water partition coefficient (Wildman–Crippen LogP) is -1.01. The van der Waals surface area contributed by atoms with Gasteiger partial charge in [0, 0.05) is 59.4 Å². The molecule has 0 fully saturated rings. The Morgan fingerprint density at radius 2 is 0.750 bits per heavy atom. The lowest BCUT2D eigenvalue weighted by molar-refractivity contribution is -0.698. The highest BCUT2D eigenvalue weighted by Crippen LogP contribution is 2.09. The summed E-state index contributed by atoms with van der Waals surface area (Å²) < 4.78 is 4.28. The lowest BCUT2D eigenvalue weighted by Gasteiger charge is -2.02. The topological polar surface area (TPSA) is 41.9 Å². The van der Waals surface area contributed by atoms with Crippen molar-refractivity contribution in [3.05, 3.63) is 132 Å². The Hall–Kier alpha value is -2.96. The van der Waals surface area contributed by atoms with E-state index in [4.69, 9.17) is 0 Å². The minimum atomic E-state index is 0. The Morgan fingerprint density at radius 1 is 0.444 bits per heavy atom. The highest BCUT2D eigenvalue weighted by atomic mass is 79.9. The first-order valence-electron chi connectivity index (χ1n) is 11.9. The average Bonchev–Trinajstić information content (AvgIpc) is 2.91. The minimum Gasteiger partial charge on any atom is -1.00 e. The maximum absolute atomic E-state index is 12.5. The second kappa shape index (κ2) is 15.2. The number of carbonyl (C=O) groups is 2. The molecule has 36 heavy (non-hydrogen) atoms. The number of carbonyl (C=O) groups excluding carboxylic acids is 2. The Labute approximate surface area is 234 Å². The number of hydrogen-bond donors (Lipinski definition) is 0. The van der Waals surface area contributed by atoms with Crippen molar-refractivity contribution in [3.8, 4) is 0 Å². The van der Waals surface area contributed by atoms with Gasteiger partial charge in [-0.2, -0.15) is 0 Å². The summed E-state index contributed by atoms with van der Waals surface area (Å²) in [5.74, 6) is 0.116. The van der Waals surface area contributed by atoms with Gasteiger partial charge in [-0.25, -0.2) is 9.13 Å². The zero-order chi connectivity index (χ0) is 23.6. The van der Waals surface area contributed by atoms with Crippen LogP contribution >= 0.6 is 0 Å². The third-order valence-corrected chi connectivity index (χ3v) is 5.96. The molecule has 0 aliphatic heterocycles. The molecule has 0 unspecified atom stereocenters. The molecular weight excluding hydrogens is 580 g/mol. The molecule has 0 N–H and O–H groups in total. The lowest BCUT2D eigenvalue weighted by Crippen LogP contribution is -3.00. The van der Waals surface area contributed by atoms with Gasteiger partial charge in [0.2, 0.25) is 0 Å². The SMILES string of the molecule is O=C(c1ccccc1)c1cc[n+](CCCCCC[n+]2ccc(C(=O)c3ccccc3)cc2)cc1.[Br-].[Br-]. The van der Waals surface area contributed by atoms with Gasteiger partial charge in [-0.1, -0.05) is 60.7 Å². The molecule has 6 heteroatoms. The first-order chi connectivity index (χ1) is 16.7. The second-order valence-corrected chi connectivity index (χ2v) is 8.45. The molecule has 0 radical (unpaired) electrons. The molecule has 0 saturated carbocycles. The second-order valence-electron chi connectivity index (χ2n) is 8.45. The van der Waals surface area contributed by atoms with Gasteiger partial charge in [-0.05, 0) is 12.8 Å². The van der Waals surface area contributed by atoms with E-state index in [0.717, 1.165) is 61.0 Å². The van der Waals surface area contributed by atoms with Crippen LogP contribution in [0.15, 0.2) is 110 Å². The van der Waals surface area contributed by atoms with E-state index in [1.54, 1.807) is 0 Å². The highest BCUT2D eigenvalue weighted by molar-refractivity contribution is 6.09. The van der Waals surface area contributed by atoms with Crippen molar-refractivity contribution in [1.29, 1.82) is 0 Å². The molecule has 4 nitrogen and oxygen atoms in total. The molecule has 186 valence electrons. The predicted molar refractivity (Wildman–Crippen MR) is 131 cm³/mol. The first kappa shape index (κ1) is 29.3. The molecule has 0 aliphatic rings. The fourth-order valence-corrected chi connectivity index (χ4v) is 3.97. The van der Waals surface area contributed by atoms with Gasteiger partial charge in [0.1, 0.15) is 13.1 Å². The minimum absolute atomic E-state index is 0. The van der Waals surface area contributed by atoms with Crippen molar-refractivity contribution in [2.75, 3.05) is 0 Å². The molecule has 2 heterocycles. The quantitative estimate of drug-likeness (QED) is 0.124. The van der Waals surface area contributed by atoms with Gasteiger partial charge in [0.15, 0.2) is 36.4 Å². The van der Waals surface area contributed by atoms with E-state index in [0.29, 0.717) is 0 Å². The molecule has 0 atom stereocenters. The van der Waals surface area contributed by atoms with Crippen molar-refractivity contribution in [1.82, 2.24) is 0 Å². The number of aryl methyl sites for hydroxylation is 2. The molecule has 0 bridgehead atoms. The zero-order valence-electron chi connectivity index (χ0n) is 20.1. The van der Waals surface area contributed by atoms with Crippen molar-refractivity contribution in [3.63, 3.8) is 0 Å².